The Morgan fingerprint density at radius 1 is 1.28 bits per heavy atom. The molecule has 0 spiro atoms. The highest BCUT2D eigenvalue weighted by Crippen LogP contribution is 2.20. The highest BCUT2D eigenvalue weighted by atomic mass is 16.5. The van der Waals surface area contributed by atoms with Crippen LogP contribution in [0.1, 0.15) is 32.3 Å². The van der Waals surface area contributed by atoms with Crippen molar-refractivity contribution in [3.05, 3.63) is 29.8 Å². The van der Waals surface area contributed by atoms with Gasteiger partial charge in [0.05, 0.1) is 13.5 Å². The van der Waals surface area contributed by atoms with Gasteiger partial charge in [0.1, 0.15) is 11.9 Å². The molecule has 1 atom stereocenters. The number of ether oxygens (including phenoxy) is 2. The quantitative estimate of drug-likeness (QED) is 0.815. The Hall–Kier alpha value is -2.08. The summed E-state index contributed by atoms with van der Waals surface area (Å²) in [6, 6.07) is 7.69. The van der Waals surface area contributed by atoms with Crippen molar-refractivity contribution in [1.29, 1.82) is 0 Å². The predicted octanol–water partition coefficient (Wildman–Crippen LogP) is 1.77. The van der Waals surface area contributed by atoms with E-state index in [1.165, 1.54) is 0 Å². The average molecular weight is 348 g/mol. The molecule has 2 rings (SSSR count). The van der Waals surface area contributed by atoms with Crippen molar-refractivity contribution in [1.82, 2.24) is 10.2 Å². The van der Waals surface area contributed by atoms with Crippen LogP contribution in [0.5, 0.6) is 5.75 Å². The van der Waals surface area contributed by atoms with Crippen molar-refractivity contribution >= 4 is 11.8 Å². The number of nitrogens with one attached hydrogen (secondary N) is 1. The molecule has 1 aliphatic heterocycles. The van der Waals surface area contributed by atoms with Crippen molar-refractivity contribution in [3.63, 3.8) is 0 Å². The Bertz CT molecular complexity index is 583. The highest BCUT2D eigenvalue weighted by Gasteiger charge is 2.25. The number of benzene rings is 1. The lowest BCUT2D eigenvalue weighted by molar-refractivity contribution is -0.133. The summed E-state index contributed by atoms with van der Waals surface area (Å²) < 4.78 is 10.6. The Balaban J connectivity index is 1.81. The van der Waals surface area contributed by atoms with Crippen LogP contribution in [0, 0.1) is 0 Å². The van der Waals surface area contributed by atoms with Gasteiger partial charge >= 0.3 is 0 Å². The van der Waals surface area contributed by atoms with Crippen molar-refractivity contribution in [2.75, 3.05) is 26.8 Å². The van der Waals surface area contributed by atoms with Gasteiger partial charge < -0.3 is 19.7 Å². The minimum absolute atomic E-state index is 0.0827. The SMILES string of the molecule is CCO[C@H](C)C(=O)NC1CCN(C(=O)Cc2ccccc2OC)CC1. The summed E-state index contributed by atoms with van der Waals surface area (Å²) in [6.07, 6.45) is 1.43. The van der Waals surface area contributed by atoms with Crippen LogP contribution in [0.2, 0.25) is 0 Å². The van der Waals surface area contributed by atoms with E-state index in [1.807, 2.05) is 36.1 Å². The van der Waals surface area contributed by atoms with Crippen molar-refractivity contribution in [3.8, 4) is 5.75 Å². The molecule has 138 valence electrons. The second kappa shape index (κ2) is 9.42. The number of carbonyl (C=O) groups excluding carboxylic acids is 2. The van der Waals surface area contributed by atoms with Crippen LogP contribution >= 0.6 is 0 Å². The summed E-state index contributed by atoms with van der Waals surface area (Å²) in [6.45, 7) is 5.45. The minimum Gasteiger partial charge on any atom is -0.496 e. The first-order valence-corrected chi connectivity index (χ1v) is 8.86. The van der Waals surface area contributed by atoms with Crippen LogP contribution in [0.4, 0.5) is 0 Å². The lowest BCUT2D eigenvalue weighted by Gasteiger charge is -2.33. The number of hydrogen-bond donors (Lipinski definition) is 1. The molecular formula is C19H28N2O4. The van der Waals surface area contributed by atoms with Crippen LogP contribution in [-0.2, 0) is 20.7 Å². The van der Waals surface area contributed by atoms with Crippen LogP contribution in [0.25, 0.3) is 0 Å². The maximum atomic E-state index is 12.5. The van der Waals surface area contributed by atoms with E-state index in [0.29, 0.717) is 26.1 Å². The molecule has 1 heterocycles. The number of para-hydroxylation sites is 1. The molecule has 0 aliphatic carbocycles. The number of rotatable bonds is 7. The van der Waals surface area contributed by atoms with Gasteiger partial charge in [-0.15, -0.1) is 0 Å². The second-order valence-electron chi connectivity index (χ2n) is 6.25. The van der Waals surface area contributed by atoms with Gasteiger partial charge in [-0.05, 0) is 32.8 Å². The molecule has 0 aromatic heterocycles. The van der Waals surface area contributed by atoms with Gasteiger partial charge in [0.2, 0.25) is 11.8 Å². The highest BCUT2D eigenvalue weighted by molar-refractivity contribution is 5.81. The summed E-state index contributed by atoms with van der Waals surface area (Å²) >= 11 is 0. The molecule has 2 amide bonds. The van der Waals surface area contributed by atoms with Gasteiger partial charge in [-0.3, -0.25) is 9.59 Å². The number of hydrogen-bond acceptors (Lipinski definition) is 4. The third kappa shape index (κ3) is 5.46. The molecule has 1 aliphatic rings. The fourth-order valence-electron chi connectivity index (χ4n) is 3.04. The van der Waals surface area contributed by atoms with E-state index >= 15 is 0 Å². The van der Waals surface area contributed by atoms with Gasteiger partial charge in [0.25, 0.3) is 0 Å². The van der Waals surface area contributed by atoms with Gasteiger partial charge in [-0.25, -0.2) is 0 Å². The molecule has 1 saturated heterocycles. The summed E-state index contributed by atoms with van der Waals surface area (Å²) in [5, 5.41) is 3.01. The van der Waals surface area contributed by atoms with E-state index in [1.54, 1.807) is 14.0 Å². The number of carbonyl (C=O) groups is 2. The zero-order chi connectivity index (χ0) is 18.2. The molecule has 0 saturated carbocycles. The Kier molecular flexibility index (Phi) is 7.25. The summed E-state index contributed by atoms with van der Waals surface area (Å²) in [7, 11) is 1.61. The largest absolute Gasteiger partial charge is 0.496 e. The van der Waals surface area contributed by atoms with E-state index in [-0.39, 0.29) is 17.9 Å². The fourth-order valence-corrected chi connectivity index (χ4v) is 3.04. The Morgan fingerprint density at radius 2 is 1.96 bits per heavy atom. The number of nitrogens with zero attached hydrogens (tertiary/aromatic N) is 1. The molecule has 6 nitrogen and oxygen atoms in total. The Morgan fingerprint density at radius 3 is 2.60 bits per heavy atom. The van der Waals surface area contributed by atoms with Gasteiger partial charge in [0.15, 0.2) is 0 Å². The van der Waals surface area contributed by atoms with E-state index in [4.69, 9.17) is 9.47 Å². The van der Waals surface area contributed by atoms with Crippen LogP contribution < -0.4 is 10.1 Å². The van der Waals surface area contributed by atoms with Crippen molar-refractivity contribution < 1.29 is 19.1 Å². The second-order valence-corrected chi connectivity index (χ2v) is 6.25. The van der Waals surface area contributed by atoms with Crippen LogP contribution in [0.3, 0.4) is 0 Å². The maximum absolute atomic E-state index is 12.5. The van der Waals surface area contributed by atoms with Crippen LogP contribution in [0.15, 0.2) is 24.3 Å². The maximum Gasteiger partial charge on any atom is 0.249 e. The monoisotopic (exact) mass is 348 g/mol. The molecule has 0 unspecified atom stereocenters. The predicted molar refractivity (Wildman–Crippen MR) is 95.5 cm³/mol. The van der Waals surface area contributed by atoms with Gasteiger partial charge in [-0.1, -0.05) is 18.2 Å². The van der Waals surface area contributed by atoms with Crippen LogP contribution in [-0.4, -0.2) is 55.7 Å². The smallest absolute Gasteiger partial charge is 0.249 e. The van der Waals surface area contributed by atoms with E-state index in [2.05, 4.69) is 5.32 Å². The first kappa shape index (κ1) is 19.2. The number of piperidine rings is 1. The first-order valence-electron chi connectivity index (χ1n) is 8.86. The molecule has 25 heavy (non-hydrogen) atoms. The lowest BCUT2D eigenvalue weighted by Crippen LogP contribution is -2.49. The number of amides is 2. The summed E-state index contributed by atoms with van der Waals surface area (Å²) in [4.78, 5) is 26.4. The van der Waals surface area contributed by atoms with Gasteiger partial charge in [0, 0.05) is 31.3 Å². The van der Waals surface area contributed by atoms with E-state index in [9.17, 15) is 9.59 Å². The van der Waals surface area contributed by atoms with E-state index < -0.39 is 6.10 Å². The molecule has 1 aromatic carbocycles. The molecule has 1 aromatic rings. The molecule has 1 fully saturated rings. The third-order valence-corrected chi connectivity index (χ3v) is 4.51. The molecule has 6 heteroatoms. The minimum atomic E-state index is -0.435. The molecule has 1 N–H and O–H groups in total. The number of methoxy groups -OCH3 is 1. The Labute approximate surface area is 149 Å². The summed E-state index contributed by atoms with van der Waals surface area (Å²) in [5.74, 6) is 0.750. The standard InChI is InChI=1S/C19H28N2O4/c1-4-25-14(2)19(23)20-16-9-11-21(12-10-16)18(22)13-15-7-5-6-8-17(15)24-3/h5-8,14,16H,4,9-13H2,1-3H3,(H,20,23)/t14-/m1/s1. The normalized spacial score (nSPS) is 16.4. The molecule has 0 radical (unpaired) electrons. The fraction of sp³-hybridized carbons (Fsp3) is 0.579. The topological polar surface area (TPSA) is 67.9 Å². The number of likely N-dealkylation sites (tertiary alicyclic amines) is 1. The third-order valence-electron chi connectivity index (χ3n) is 4.51. The zero-order valence-corrected chi connectivity index (χ0v) is 15.3. The van der Waals surface area contributed by atoms with E-state index in [0.717, 1.165) is 24.2 Å². The van der Waals surface area contributed by atoms with Crippen molar-refractivity contribution in [2.45, 2.75) is 45.3 Å². The summed E-state index contributed by atoms with van der Waals surface area (Å²) in [5.41, 5.74) is 0.899. The van der Waals surface area contributed by atoms with Crippen molar-refractivity contribution in [2.24, 2.45) is 0 Å². The zero-order valence-electron chi connectivity index (χ0n) is 15.3. The molecule has 0 bridgehead atoms. The average Bonchev–Trinajstić information content (AvgIpc) is 2.63. The first-order chi connectivity index (χ1) is 12.0. The van der Waals surface area contributed by atoms with Gasteiger partial charge in [-0.2, -0.15) is 0 Å². The lowest BCUT2D eigenvalue weighted by atomic mass is 10.0. The molecular weight excluding hydrogens is 320 g/mol.